The highest BCUT2D eigenvalue weighted by molar-refractivity contribution is 5.81. The van der Waals surface area contributed by atoms with E-state index in [1.165, 1.54) is 25.7 Å². The summed E-state index contributed by atoms with van der Waals surface area (Å²) in [7, 11) is 2.29. The topological polar surface area (TPSA) is 44.9 Å². The van der Waals surface area contributed by atoms with Gasteiger partial charge in [0.05, 0.1) is 12.1 Å². The number of rotatable bonds is 2. The molecule has 0 amide bonds. The lowest BCUT2D eigenvalue weighted by molar-refractivity contribution is 0.0453. The third-order valence-electron chi connectivity index (χ3n) is 5.15. The van der Waals surface area contributed by atoms with Crippen molar-refractivity contribution in [1.29, 1.82) is 0 Å². The zero-order valence-corrected chi connectivity index (χ0v) is 11.9. The maximum atomic E-state index is 6.14. The van der Waals surface area contributed by atoms with Crippen LogP contribution in [0.3, 0.4) is 0 Å². The molecule has 0 aromatic rings. The van der Waals surface area contributed by atoms with E-state index in [0.29, 0.717) is 5.92 Å². The largest absolute Gasteiger partial charge is 0.370 e. The van der Waals surface area contributed by atoms with E-state index in [0.717, 1.165) is 31.1 Å². The summed E-state index contributed by atoms with van der Waals surface area (Å²) in [6.45, 7) is 6.51. The molecule has 4 nitrogen and oxygen atoms in total. The fourth-order valence-corrected chi connectivity index (χ4v) is 4.19. The Morgan fingerprint density at radius 1 is 1.33 bits per heavy atom. The van der Waals surface area contributed by atoms with Crippen LogP contribution in [0.2, 0.25) is 0 Å². The Morgan fingerprint density at radius 3 is 2.50 bits per heavy atom. The van der Waals surface area contributed by atoms with Gasteiger partial charge in [0.15, 0.2) is 5.96 Å². The summed E-state index contributed by atoms with van der Waals surface area (Å²) in [5, 5.41) is 0. The molecule has 2 unspecified atom stereocenters. The van der Waals surface area contributed by atoms with Crippen molar-refractivity contribution >= 4 is 5.96 Å². The van der Waals surface area contributed by atoms with Crippen LogP contribution in [0.4, 0.5) is 0 Å². The van der Waals surface area contributed by atoms with Crippen LogP contribution >= 0.6 is 0 Å². The fourth-order valence-electron chi connectivity index (χ4n) is 4.19. The second kappa shape index (κ2) is 4.12. The van der Waals surface area contributed by atoms with Gasteiger partial charge in [0, 0.05) is 18.6 Å². The molecule has 2 N–H and O–H groups in total. The number of piperidine rings is 1. The van der Waals surface area contributed by atoms with Crippen molar-refractivity contribution < 1.29 is 0 Å². The quantitative estimate of drug-likeness (QED) is 0.802. The van der Waals surface area contributed by atoms with E-state index in [-0.39, 0.29) is 5.54 Å². The van der Waals surface area contributed by atoms with Crippen LogP contribution in [0.1, 0.15) is 39.5 Å². The predicted octanol–water partition coefficient (Wildman–Crippen LogP) is 1.27. The van der Waals surface area contributed by atoms with Crippen LogP contribution in [0.15, 0.2) is 4.99 Å². The fraction of sp³-hybridized carbons (Fsp3) is 0.929. The van der Waals surface area contributed by atoms with Crippen molar-refractivity contribution in [3.05, 3.63) is 0 Å². The van der Waals surface area contributed by atoms with E-state index in [2.05, 4.69) is 35.7 Å². The average molecular weight is 250 g/mol. The molecule has 3 heterocycles. The molecule has 2 atom stereocenters. The summed E-state index contributed by atoms with van der Waals surface area (Å²) in [6.07, 6.45) is 5.21. The molecule has 2 bridgehead atoms. The summed E-state index contributed by atoms with van der Waals surface area (Å²) >= 11 is 0. The summed E-state index contributed by atoms with van der Waals surface area (Å²) in [5.41, 5.74) is 6.38. The van der Waals surface area contributed by atoms with Gasteiger partial charge in [-0.15, -0.1) is 0 Å². The molecule has 2 saturated heterocycles. The number of fused-ring (bicyclic) bond motifs is 2. The molecule has 0 aliphatic carbocycles. The molecular weight excluding hydrogens is 224 g/mol. The third kappa shape index (κ3) is 1.73. The van der Waals surface area contributed by atoms with E-state index in [9.17, 15) is 0 Å². The molecule has 102 valence electrons. The minimum absolute atomic E-state index is 0.243. The lowest BCUT2D eigenvalue weighted by atomic mass is 9.82. The number of nitrogens with zero attached hydrogens (tertiary/aromatic N) is 3. The standard InChI is InChI=1S/C14H26N4/c1-10(2)8-18-13(15)16-9-14(18)6-11-4-5-12(7-14)17(11)3/h10-12H,4-9H2,1-3H3,(H2,15,16). The van der Waals surface area contributed by atoms with Crippen LogP contribution in [0, 0.1) is 5.92 Å². The van der Waals surface area contributed by atoms with Gasteiger partial charge in [-0.2, -0.15) is 0 Å². The van der Waals surface area contributed by atoms with Gasteiger partial charge >= 0.3 is 0 Å². The molecule has 0 aromatic heterocycles. The van der Waals surface area contributed by atoms with E-state index >= 15 is 0 Å². The van der Waals surface area contributed by atoms with Gasteiger partial charge in [0.25, 0.3) is 0 Å². The number of guanidine groups is 1. The van der Waals surface area contributed by atoms with Crippen molar-refractivity contribution in [2.75, 3.05) is 20.1 Å². The first-order valence-electron chi connectivity index (χ1n) is 7.31. The van der Waals surface area contributed by atoms with Crippen molar-refractivity contribution in [1.82, 2.24) is 9.80 Å². The van der Waals surface area contributed by atoms with Gasteiger partial charge in [-0.1, -0.05) is 13.8 Å². The normalized spacial score (nSPS) is 40.0. The molecule has 4 heteroatoms. The average Bonchev–Trinajstić information content (AvgIpc) is 2.71. The lowest BCUT2D eigenvalue weighted by Gasteiger charge is -2.48. The van der Waals surface area contributed by atoms with Crippen molar-refractivity contribution in [3.8, 4) is 0 Å². The smallest absolute Gasteiger partial charge is 0.191 e. The second-order valence-corrected chi connectivity index (χ2v) is 6.86. The molecule has 1 spiro atoms. The molecular formula is C14H26N4. The minimum Gasteiger partial charge on any atom is -0.370 e. The number of hydrogen-bond donors (Lipinski definition) is 1. The summed E-state index contributed by atoms with van der Waals surface area (Å²) in [6, 6.07) is 1.50. The first-order chi connectivity index (χ1) is 8.52. The van der Waals surface area contributed by atoms with Crippen LogP contribution in [-0.4, -0.2) is 53.5 Å². The van der Waals surface area contributed by atoms with Gasteiger partial charge < -0.3 is 15.5 Å². The summed E-state index contributed by atoms with van der Waals surface area (Å²) in [5.74, 6) is 1.43. The van der Waals surface area contributed by atoms with E-state index in [1.807, 2.05) is 0 Å². The van der Waals surface area contributed by atoms with E-state index in [1.54, 1.807) is 0 Å². The summed E-state index contributed by atoms with van der Waals surface area (Å²) < 4.78 is 0. The molecule has 2 fully saturated rings. The minimum atomic E-state index is 0.243. The van der Waals surface area contributed by atoms with Crippen molar-refractivity contribution in [2.45, 2.75) is 57.2 Å². The highest BCUT2D eigenvalue weighted by Crippen LogP contribution is 2.44. The Kier molecular flexibility index (Phi) is 2.81. The third-order valence-corrected chi connectivity index (χ3v) is 5.15. The van der Waals surface area contributed by atoms with Crippen LogP contribution in [0.25, 0.3) is 0 Å². The van der Waals surface area contributed by atoms with E-state index < -0.39 is 0 Å². The Labute approximate surface area is 110 Å². The Hall–Kier alpha value is -0.770. The zero-order chi connectivity index (χ0) is 12.9. The molecule has 18 heavy (non-hydrogen) atoms. The molecule has 0 radical (unpaired) electrons. The maximum Gasteiger partial charge on any atom is 0.191 e. The molecule has 3 rings (SSSR count). The highest BCUT2D eigenvalue weighted by atomic mass is 15.4. The van der Waals surface area contributed by atoms with Gasteiger partial charge in [-0.05, 0) is 38.6 Å². The Balaban J connectivity index is 1.83. The first-order valence-corrected chi connectivity index (χ1v) is 7.31. The van der Waals surface area contributed by atoms with Gasteiger partial charge in [-0.25, -0.2) is 0 Å². The van der Waals surface area contributed by atoms with Gasteiger partial charge in [-0.3, -0.25) is 4.99 Å². The molecule has 3 aliphatic rings. The van der Waals surface area contributed by atoms with Crippen LogP contribution in [-0.2, 0) is 0 Å². The predicted molar refractivity (Wildman–Crippen MR) is 74.6 cm³/mol. The second-order valence-electron chi connectivity index (χ2n) is 6.86. The molecule has 0 saturated carbocycles. The zero-order valence-electron chi connectivity index (χ0n) is 11.9. The van der Waals surface area contributed by atoms with Crippen LogP contribution in [0.5, 0.6) is 0 Å². The SMILES string of the molecule is CC(C)CN1C(N)=NCC12CC1CCC(C2)N1C. The summed E-state index contributed by atoms with van der Waals surface area (Å²) in [4.78, 5) is 9.59. The number of nitrogens with two attached hydrogens (primary N) is 1. The first kappa shape index (κ1) is 12.3. The molecule has 0 aromatic carbocycles. The lowest BCUT2D eigenvalue weighted by Crippen LogP contribution is -2.60. The number of hydrogen-bond acceptors (Lipinski definition) is 4. The molecule has 3 aliphatic heterocycles. The Bertz CT molecular complexity index is 349. The van der Waals surface area contributed by atoms with Crippen molar-refractivity contribution in [3.63, 3.8) is 0 Å². The van der Waals surface area contributed by atoms with Gasteiger partial charge in [0.1, 0.15) is 0 Å². The number of aliphatic imine (C=N–C) groups is 1. The van der Waals surface area contributed by atoms with Crippen molar-refractivity contribution in [2.24, 2.45) is 16.6 Å². The monoisotopic (exact) mass is 250 g/mol. The maximum absolute atomic E-state index is 6.14. The highest BCUT2D eigenvalue weighted by Gasteiger charge is 2.52. The van der Waals surface area contributed by atoms with Crippen LogP contribution < -0.4 is 5.73 Å². The van der Waals surface area contributed by atoms with E-state index in [4.69, 9.17) is 5.73 Å². The Morgan fingerprint density at radius 2 is 1.94 bits per heavy atom. The van der Waals surface area contributed by atoms with Gasteiger partial charge in [0.2, 0.25) is 0 Å².